The molecule has 0 aromatic rings. The van der Waals surface area contributed by atoms with Gasteiger partial charge in [-0.05, 0) is 32.2 Å². The molecule has 0 spiro atoms. The minimum atomic E-state index is 0.934. The maximum Gasteiger partial charge on any atom is 0.0110 e. The molecule has 0 aromatic carbocycles. The Morgan fingerprint density at radius 3 is 2.57 bits per heavy atom. The topological polar surface area (TPSA) is 6.48 Å². The Labute approximate surface area is 87.6 Å². The van der Waals surface area contributed by atoms with Crippen molar-refractivity contribution in [1.29, 1.82) is 0 Å². The van der Waals surface area contributed by atoms with Gasteiger partial charge >= 0.3 is 0 Å². The fourth-order valence-corrected chi connectivity index (χ4v) is 2.42. The zero-order valence-electron chi connectivity index (χ0n) is 9.28. The molecule has 1 atom stereocenters. The van der Waals surface area contributed by atoms with Crippen molar-refractivity contribution in [3.05, 3.63) is 12.2 Å². The summed E-state index contributed by atoms with van der Waals surface area (Å²) in [5.41, 5.74) is 0. The van der Waals surface area contributed by atoms with Crippen molar-refractivity contribution in [3.8, 4) is 0 Å². The van der Waals surface area contributed by atoms with Crippen LogP contribution in [-0.2, 0) is 0 Å². The summed E-state index contributed by atoms with van der Waals surface area (Å²) in [4.78, 5) is 5.07. The third-order valence-corrected chi connectivity index (χ3v) is 3.49. The van der Waals surface area contributed by atoms with Gasteiger partial charge in [0.05, 0.1) is 0 Å². The first-order chi connectivity index (χ1) is 6.84. The minimum absolute atomic E-state index is 0.934. The lowest BCUT2D eigenvalue weighted by atomic mass is 9.94. The molecule has 0 saturated carbocycles. The molecular formula is C12H22N2. The van der Waals surface area contributed by atoms with Crippen molar-refractivity contribution in [1.82, 2.24) is 9.80 Å². The maximum absolute atomic E-state index is 2.64. The van der Waals surface area contributed by atoms with Crippen molar-refractivity contribution >= 4 is 0 Å². The molecule has 2 aliphatic rings. The van der Waals surface area contributed by atoms with E-state index in [9.17, 15) is 0 Å². The van der Waals surface area contributed by atoms with E-state index >= 15 is 0 Å². The van der Waals surface area contributed by atoms with Gasteiger partial charge in [0.15, 0.2) is 0 Å². The molecular weight excluding hydrogens is 172 g/mol. The second kappa shape index (κ2) is 4.94. The lowest BCUT2D eigenvalue weighted by Crippen LogP contribution is -2.46. The number of hydrogen-bond donors (Lipinski definition) is 0. The largest absolute Gasteiger partial charge is 0.304 e. The third kappa shape index (κ3) is 2.82. The smallest absolute Gasteiger partial charge is 0.0110 e. The van der Waals surface area contributed by atoms with Gasteiger partial charge in [0.25, 0.3) is 0 Å². The van der Waals surface area contributed by atoms with Crippen LogP contribution in [0.25, 0.3) is 0 Å². The highest BCUT2D eigenvalue weighted by atomic mass is 15.2. The Morgan fingerprint density at radius 2 is 1.93 bits per heavy atom. The van der Waals surface area contributed by atoms with E-state index in [1.165, 1.54) is 52.0 Å². The second-order valence-electron chi connectivity index (χ2n) is 4.75. The van der Waals surface area contributed by atoms with Crippen LogP contribution in [0.2, 0.25) is 0 Å². The normalized spacial score (nSPS) is 30.8. The summed E-state index contributed by atoms with van der Waals surface area (Å²) in [5.74, 6) is 0.934. The Hall–Kier alpha value is -0.340. The van der Waals surface area contributed by atoms with Gasteiger partial charge in [-0.15, -0.1) is 0 Å². The van der Waals surface area contributed by atoms with E-state index in [1.807, 2.05) is 0 Å². The minimum Gasteiger partial charge on any atom is -0.304 e. The van der Waals surface area contributed by atoms with Crippen molar-refractivity contribution in [2.24, 2.45) is 5.92 Å². The van der Waals surface area contributed by atoms with Gasteiger partial charge in [0, 0.05) is 32.7 Å². The van der Waals surface area contributed by atoms with Crippen LogP contribution in [-0.4, -0.2) is 49.6 Å². The Bertz CT molecular complexity index is 192. The highest BCUT2D eigenvalue weighted by Crippen LogP contribution is 2.19. The number of likely N-dealkylation sites (N-methyl/N-ethyl adjacent to an activating group) is 1. The molecule has 0 aromatic heterocycles. The van der Waals surface area contributed by atoms with Crippen LogP contribution >= 0.6 is 0 Å². The molecule has 0 radical (unpaired) electrons. The molecule has 1 fully saturated rings. The number of rotatable bonds is 2. The summed E-state index contributed by atoms with van der Waals surface area (Å²) in [6.45, 7) is 6.39. The fraction of sp³-hybridized carbons (Fsp3) is 0.833. The summed E-state index contributed by atoms with van der Waals surface area (Å²) in [5, 5.41) is 0. The zero-order valence-corrected chi connectivity index (χ0v) is 9.28. The van der Waals surface area contributed by atoms with E-state index in [1.54, 1.807) is 0 Å². The van der Waals surface area contributed by atoms with Gasteiger partial charge in [-0.1, -0.05) is 12.2 Å². The summed E-state index contributed by atoms with van der Waals surface area (Å²) in [7, 11) is 2.22. The van der Waals surface area contributed by atoms with E-state index in [0.29, 0.717) is 0 Å². The van der Waals surface area contributed by atoms with Crippen molar-refractivity contribution in [2.45, 2.75) is 19.3 Å². The van der Waals surface area contributed by atoms with Gasteiger partial charge in [0.1, 0.15) is 0 Å². The van der Waals surface area contributed by atoms with E-state index in [0.717, 1.165) is 5.92 Å². The monoisotopic (exact) mass is 194 g/mol. The van der Waals surface area contributed by atoms with E-state index < -0.39 is 0 Å². The molecule has 14 heavy (non-hydrogen) atoms. The molecule has 0 bridgehead atoms. The van der Waals surface area contributed by atoms with Crippen LogP contribution in [0.5, 0.6) is 0 Å². The maximum atomic E-state index is 2.64. The first-order valence-electron chi connectivity index (χ1n) is 5.90. The van der Waals surface area contributed by atoms with E-state index in [-0.39, 0.29) is 0 Å². The molecule has 1 aliphatic carbocycles. The molecule has 2 heteroatoms. The Balaban J connectivity index is 1.72. The lowest BCUT2D eigenvalue weighted by Gasteiger charge is -2.35. The molecule has 0 N–H and O–H groups in total. The highest BCUT2D eigenvalue weighted by Gasteiger charge is 2.18. The average molecular weight is 194 g/mol. The summed E-state index contributed by atoms with van der Waals surface area (Å²) < 4.78 is 0. The van der Waals surface area contributed by atoms with Crippen molar-refractivity contribution < 1.29 is 0 Å². The predicted octanol–water partition coefficient (Wildman–Crippen LogP) is 1.59. The Kier molecular flexibility index (Phi) is 3.60. The van der Waals surface area contributed by atoms with Crippen LogP contribution < -0.4 is 0 Å². The number of piperazine rings is 1. The summed E-state index contributed by atoms with van der Waals surface area (Å²) in [6, 6.07) is 0. The Morgan fingerprint density at radius 1 is 1.14 bits per heavy atom. The number of nitrogens with zero attached hydrogens (tertiary/aromatic N) is 2. The SMILES string of the molecule is CN1CCN(C[C@@H]2CC=CCC2)CC1. The first kappa shape index (κ1) is 10.2. The lowest BCUT2D eigenvalue weighted by molar-refractivity contribution is 0.133. The molecule has 80 valence electrons. The molecule has 1 aliphatic heterocycles. The highest BCUT2D eigenvalue weighted by molar-refractivity contribution is 4.91. The van der Waals surface area contributed by atoms with E-state index in [2.05, 4.69) is 29.0 Å². The molecule has 1 heterocycles. The van der Waals surface area contributed by atoms with Crippen LogP contribution in [0.1, 0.15) is 19.3 Å². The predicted molar refractivity (Wildman–Crippen MR) is 60.4 cm³/mol. The van der Waals surface area contributed by atoms with Crippen LogP contribution in [0, 0.1) is 5.92 Å². The molecule has 2 nitrogen and oxygen atoms in total. The van der Waals surface area contributed by atoms with Gasteiger partial charge in [-0.3, -0.25) is 0 Å². The first-order valence-corrected chi connectivity index (χ1v) is 5.90. The second-order valence-corrected chi connectivity index (χ2v) is 4.75. The summed E-state index contributed by atoms with van der Waals surface area (Å²) >= 11 is 0. The number of allylic oxidation sites excluding steroid dienone is 2. The average Bonchev–Trinajstić information content (AvgIpc) is 2.23. The van der Waals surface area contributed by atoms with Gasteiger partial charge in [-0.2, -0.15) is 0 Å². The van der Waals surface area contributed by atoms with E-state index in [4.69, 9.17) is 0 Å². The third-order valence-electron chi connectivity index (χ3n) is 3.49. The van der Waals surface area contributed by atoms with Crippen LogP contribution in [0.15, 0.2) is 12.2 Å². The quantitative estimate of drug-likeness (QED) is 0.616. The molecule has 2 rings (SSSR count). The van der Waals surface area contributed by atoms with Crippen molar-refractivity contribution in [3.63, 3.8) is 0 Å². The molecule has 0 unspecified atom stereocenters. The van der Waals surface area contributed by atoms with Crippen molar-refractivity contribution in [2.75, 3.05) is 39.8 Å². The van der Waals surface area contributed by atoms with Crippen LogP contribution in [0.3, 0.4) is 0 Å². The van der Waals surface area contributed by atoms with Gasteiger partial charge in [-0.25, -0.2) is 0 Å². The van der Waals surface area contributed by atoms with Gasteiger partial charge < -0.3 is 9.80 Å². The summed E-state index contributed by atoms with van der Waals surface area (Å²) in [6.07, 6.45) is 8.72. The fourth-order valence-electron chi connectivity index (χ4n) is 2.42. The molecule has 1 saturated heterocycles. The molecule has 0 amide bonds. The standard InChI is InChI=1S/C12H22N2/c1-13-7-9-14(10-8-13)11-12-5-3-2-4-6-12/h2-3,12H,4-11H2,1H3/t12-/m1/s1. The number of hydrogen-bond acceptors (Lipinski definition) is 2. The van der Waals surface area contributed by atoms with Gasteiger partial charge in [0.2, 0.25) is 0 Å². The zero-order chi connectivity index (χ0) is 9.80. The van der Waals surface area contributed by atoms with Crippen LogP contribution in [0.4, 0.5) is 0 Å².